The van der Waals surface area contributed by atoms with Gasteiger partial charge in [-0.05, 0) is 12.1 Å². The topological polar surface area (TPSA) is 111 Å². The van der Waals surface area contributed by atoms with Crippen LogP contribution in [-0.4, -0.2) is 15.5 Å². The molecule has 0 unspecified atom stereocenters. The summed E-state index contributed by atoms with van der Waals surface area (Å²) in [5, 5.41) is 28.1. The second-order valence-electron chi connectivity index (χ2n) is 3.73. The Morgan fingerprint density at radius 2 is 1.65 bits per heavy atom. The molecule has 0 aromatic heterocycles. The van der Waals surface area contributed by atoms with E-state index in [0.29, 0.717) is 5.69 Å². The molecular weight excluding hydrogens is 228 g/mol. The zero-order chi connectivity index (χ0) is 13.1. The Morgan fingerprint density at radius 3 is 2.06 bits per heavy atom. The Balaban J connectivity index is 2.86. The van der Waals surface area contributed by atoms with Gasteiger partial charge in [0, 0.05) is 26.0 Å². The van der Waals surface area contributed by atoms with Gasteiger partial charge in [-0.3, -0.25) is 20.2 Å². The van der Waals surface area contributed by atoms with Gasteiger partial charge in [-0.25, -0.2) is 0 Å². The zero-order valence-electron chi connectivity index (χ0n) is 9.23. The molecule has 8 nitrogen and oxygen atoms in total. The number of hydrogen-bond acceptors (Lipinski definition) is 6. The Hall–Kier alpha value is -2.38. The maximum absolute atomic E-state index is 10.5. The second kappa shape index (κ2) is 4.64. The van der Waals surface area contributed by atoms with E-state index in [-0.39, 0.29) is 5.69 Å². The van der Waals surface area contributed by atoms with Crippen molar-refractivity contribution in [2.75, 3.05) is 0 Å². The summed E-state index contributed by atoms with van der Waals surface area (Å²) in [6.45, 7) is 2.61. The lowest BCUT2D eigenvalue weighted by Gasteiger charge is -2.07. The van der Waals surface area contributed by atoms with Crippen LogP contribution < -0.4 is 0 Å². The molecule has 0 aliphatic carbocycles. The van der Waals surface area contributed by atoms with Crippen LogP contribution in [0.2, 0.25) is 0 Å². The Morgan fingerprint density at radius 1 is 1.12 bits per heavy atom. The van der Waals surface area contributed by atoms with Crippen LogP contribution in [0.4, 0.5) is 11.4 Å². The normalized spacial score (nSPS) is 11.6. The smallest absolute Gasteiger partial charge is 0.262 e. The van der Waals surface area contributed by atoms with Crippen molar-refractivity contribution in [1.29, 1.82) is 0 Å². The van der Waals surface area contributed by atoms with E-state index in [1.54, 1.807) is 0 Å². The maximum Gasteiger partial charge on any atom is 0.324 e. The molecule has 0 aliphatic rings. The standard InChI is InChI=1S/C9H10N4O4/c1-9(2,13(16)17)11-10-7-3-5-8(6-4-7)12(14)15/h3-6H,1-2H3. The van der Waals surface area contributed by atoms with E-state index in [1.807, 2.05) is 0 Å². The largest absolute Gasteiger partial charge is 0.324 e. The summed E-state index contributed by atoms with van der Waals surface area (Å²) in [7, 11) is 0. The number of benzene rings is 1. The Labute approximate surface area is 96.3 Å². The van der Waals surface area contributed by atoms with Gasteiger partial charge in [0.2, 0.25) is 0 Å². The van der Waals surface area contributed by atoms with E-state index in [1.165, 1.54) is 38.1 Å². The molecule has 1 aromatic rings. The first-order valence-corrected chi connectivity index (χ1v) is 4.65. The average Bonchev–Trinajstić information content (AvgIpc) is 2.27. The van der Waals surface area contributed by atoms with E-state index in [9.17, 15) is 20.2 Å². The van der Waals surface area contributed by atoms with Gasteiger partial charge in [-0.2, -0.15) is 0 Å². The fourth-order valence-electron chi connectivity index (χ4n) is 0.858. The van der Waals surface area contributed by atoms with Gasteiger partial charge in [0.25, 0.3) is 5.69 Å². The predicted molar refractivity (Wildman–Crippen MR) is 58.7 cm³/mol. The monoisotopic (exact) mass is 238 g/mol. The molecule has 0 bridgehead atoms. The molecule has 0 amide bonds. The van der Waals surface area contributed by atoms with Crippen molar-refractivity contribution in [2.24, 2.45) is 10.2 Å². The third-order valence-electron chi connectivity index (χ3n) is 1.92. The minimum atomic E-state index is -1.51. The molecule has 8 heteroatoms. The first-order chi connectivity index (χ1) is 7.83. The third kappa shape index (κ3) is 3.30. The third-order valence-corrected chi connectivity index (χ3v) is 1.92. The maximum atomic E-state index is 10.5. The number of nitrogens with zero attached hydrogens (tertiary/aromatic N) is 4. The fraction of sp³-hybridized carbons (Fsp3) is 0.333. The zero-order valence-corrected chi connectivity index (χ0v) is 9.23. The van der Waals surface area contributed by atoms with Crippen LogP contribution in [0, 0.1) is 20.2 Å². The van der Waals surface area contributed by atoms with Crippen LogP contribution in [0.15, 0.2) is 34.5 Å². The van der Waals surface area contributed by atoms with Crippen molar-refractivity contribution >= 4 is 11.4 Å². The van der Waals surface area contributed by atoms with Crippen molar-refractivity contribution in [3.05, 3.63) is 44.5 Å². The van der Waals surface area contributed by atoms with Crippen molar-refractivity contribution in [3.8, 4) is 0 Å². The number of non-ortho nitro benzene ring substituents is 1. The second-order valence-corrected chi connectivity index (χ2v) is 3.73. The number of nitro groups is 2. The highest BCUT2D eigenvalue weighted by Crippen LogP contribution is 2.20. The summed E-state index contributed by atoms with van der Waals surface area (Å²) in [6.07, 6.45) is 0. The van der Waals surface area contributed by atoms with E-state index >= 15 is 0 Å². The van der Waals surface area contributed by atoms with Crippen molar-refractivity contribution in [3.63, 3.8) is 0 Å². The van der Waals surface area contributed by atoms with Crippen LogP contribution in [0.3, 0.4) is 0 Å². The van der Waals surface area contributed by atoms with Gasteiger partial charge in [-0.15, -0.1) is 10.2 Å². The molecular formula is C9H10N4O4. The highest BCUT2D eigenvalue weighted by atomic mass is 16.6. The van der Waals surface area contributed by atoms with Crippen molar-refractivity contribution in [2.45, 2.75) is 19.5 Å². The molecule has 0 radical (unpaired) electrons. The Kier molecular flexibility index (Phi) is 3.46. The van der Waals surface area contributed by atoms with Gasteiger partial charge >= 0.3 is 5.66 Å². The molecule has 0 atom stereocenters. The van der Waals surface area contributed by atoms with Crippen LogP contribution in [0.1, 0.15) is 13.8 Å². The molecule has 1 rings (SSSR count). The van der Waals surface area contributed by atoms with E-state index in [2.05, 4.69) is 10.2 Å². The molecule has 0 saturated heterocycles. The molecule has 1 aromatic carbocycles. The molecule has 90 valence electrons. The summed E-state index contributed by atoms with van der Waals surface area (Å²) in [6, 6.07) is 5.26. The summed E-state index contributed by atoms with van der Waals surface area (Å²) < 4.78 is 0. The minimum Gasteiger partial charge on any atom is -0.262 e. The summed E-state index contributed by atoms with van der Waals surface area (Å²) in [5.74, 6) is 0. The quantitative estimate of drug-likeness (QED) is 0.456. The minimum absolute atomic E-state index is 0.0718. The van der Waals surface area contributed by atoms with Crippen LogP contribution in [0.5, 0.6) is 0 Å². The number of hydrogen-bond donors (Lipinski definition) is 0. The number of rotatable bonds is 4. The van der Waals surface area contributed by atoms with Crippen molar-refractivity contribution < 1.29 is 9.85 Å². The van der Waals surface area contributed by atoms with Crippen molar-refractivity contribution in [1.82, 2.24) is 0 Å². The number of nitro benzene ring substituents is 1. The summed E-state index contributed by atoms with van der Waals surface area (Å²) in [4.78, 5) is 19.8. The highest BCUT2D eigenvalue weighted by Gasteiger charge is 2.29. The van der Waals surface area contributed by atoms with Gasteiger partial charge < -0.3 is 0 Å². The highest BCUT2D eigenvalue weighted by molar-refractivity contribution is 5.43. The van der Waals surface area contributed by atoms with Crippen LogP contribution >= 0.6 is 0 Å². The van der Waals surface area contributed by atoms with Crippen LogP contribution in [-0.2, 0) is 0 Å². The molecule has 0 heterocycles. The molecule has 17 heavy (non-hydrogen) atoms. The summed E-state index contributed by atoms with van der Waals surface area (Å²) >= 11 is 0. The average molecular weight is 238 g/mol. The molecule has 0 spiro atoms. The van der Waals surface area contributed by atoms with Crippen LogP contribution in [0.25, 0.3) is 0 Å². The first-order valence-electron chi connectivity index (χ1n) is 4.65. The van der Waals surface area contributed by atoms with E-state index < -0.39 is 15.5 Å². The lowest BCUT2D eigenvalue weighted by molar-refractivity contribution is -0.559. The Bertz CT molecular complexity index is 466. The lowest BCUT2D eigenvalue weighted by atomic mass is 10.3. The fourth-order valence-corrected chi connectivity index (χ4v) is 0.858. The molecule has 0 fully saturated rings. The number of azo groups is 1. The van der Waals surface area contributed by atoms with E-state index in [4.69, 9.17) is 0 Å². The first kappa shape index (κ1) is 12.7. The SMILES string of the molecule is CC(C)(N=Nc1ccc([N+](=O)[O-])cc1)[N+](=O)[O-]. The van der Waals surface area contributed by atoms with E-state index in [0.717, 1.165) is 0 Å². The van der Waals surface area contributed by atoms with Gasteiger partial charge in [-0.1, -0.05) is 0 Å². The molecule has 0 saturated carbocycles. The van der Waals surface area contributed by atoms with Gasteiger partial charge in [0.05, 0.1) is 15.5 Å². The summed E-state index contributed by atoms with van der Waals surface area (Å²) in [5.41, 5.74) is -1.26. The molecule has 0 N–H and O–H groups in total. The molecule has 0 aliphatic heterocycles. The lowest BCUT2D eigenvalue weighted by Crippen LogP contribution is -2.27. The predicted octanol–water partition coefficient (Wildman–Crippen LogP) is 2.69. The van der Waals surface area contributed by atoms with Gasteiger partial charge in [0.1, 0.15) is 0 Å². The van der Waals surface area contributed by atoms with Gasteiger partial charge in [0.15, 0.2) is 0 Å².